The van der Waals surface area contributed by atoms with Crippen LogP contribution >= 0.6 is 11.6 Å². The molecule has 2 atom stereocenters. The van der Waals surface area contributed by atoms with Gasteiger partial charge in [-0.2, -0.15) is 5.10 Å². The van der Waals surface area contributed by atoms with Crippen LogP contribution in [0.25, 0.3) is 0 Å². The summed E-state index contributed by atoms with van der Waals surface area (Å²) in [5.41, 5.74) is 3.89. The molecule has 0 amide bonds. The Morgan fingerprint density at radius 3 is 2.85 bits per heavy atom. The summed E-state index contributed by atoms with van der Waals surface area (Å²) >= 11 is 6.70. The average molecular weight is 289 g/mol. The first-order chi connectivity index (χ1) is 9.65. The number of nitrogens with zero attached hydrogens (tertiary/aromatic N) is 2. The molecule has 1 heterocycles. The summed E-state index contributed by atoms with van der Waals surface area (Å²) in [6, 6.07) is 11.1. The summed E-state index contributed by atoms with van der Waals surface area (Å²) in [5, 5.41) is 4.77. The van der Waals surface area contributed by atoms with Crippen LogP contribution in [-0.4, -0.2) is 9.78 Å². The van der Waals surface area contributed by atoms with Crippen molar-refractivity contribution < 1.29 is 0 Å². The number of rotatable bonds is 3. The Hall–Kier alpha value is -1.28. The van der Waals surface area contributed by atoms with Crippen molar-refractivity contribution in [2.24, 2.45) is 5.92 Å². The maximum Gasteiger partial charge on any atom is 0.0628 e. The van der Waals surface area contributed by atoms with E-state index < -0.39 is 0 Å². The van der Waals surface area contributed by atoms with Crippen molar-refractivity contribution in [2.45, 2.75) is 44.5 Å². The first-order valence-corrected chi connectivity index (χ1v) is 7.84. The van der Waals surface area contributed by atoms with E-state index in [2.05, 4.69) is 55.5 Å². The average Bonchev–Trinajstić information content (AvgIpc) is 2.91. The fourth-order valence-electron chi connectivity index (χ4n) is 3.02. The SMILES string of the molecule is CC(C)n1ccc(CC2CCc3ccccc3C2Cl)n1. The highest BCUT2D eigenvalue weighted by Crippen LogP contribution is 2.40. The Labute approximate surface area is 125 Å². The second-order valence-electron chi connectivity index (χ2n) is 5.98. The largest absolute Gasteiger partial charge is 0.270 e. The zero-order chi connectivity index (χ0) is 14.1. The van der Waals surface area contributed by atoms with Crippen molar-refractivity contribution in [2.75, 3.05) is 0 Å². The Morgan fingerprint density at radius 2 is 2.10 bits per heavy atom. The molecule has 0 aliphatic heterocycles. The highest BCUT2D eigenvalue weighted by atomic mass is 35.5. The van der Waals surface area contributed by atoms with Crippen LogP contribution in [0, 0.1) is 5.92 Å². The maximum absolute atomic E-state index is 6.70. The van der Waals surface area contributed by atoms with E-state index in [0.717, 1.165) is 25.0 Å². The summed E-state index contributed by atoms with van der Waals surface area (Å²) in [7, 11) is 0. The van der Waals surface area contributed by atoms with E-state index in [4.69, 9.17) is 11.6 Å². The third kappa shape index (κ3) is 2.62. The van der Waals surface area contributed by atoms with Crippen molar-refractivity contribution in [3.8, 4) is 0 Å². The Morgan fingerprint density at radius 1 is 1.30 bits per heavy atom. The predicted molar refractivity (Wildman–Crippen MR) is 83.2 cm³/mol. The second kappa shape index (κ2) is 5.61. The van der Waals surface area contributed by atoms with Gasteiger partial charge in [-0.25, -0.2) is 0 Å². The van der Waals surface area contributed by atoms with Gasteiger partial charge in [0.15, 0.2) is 0 Å². The monoisotopic (exact) mass is 288 g/mol. The van der Waals surface area contributed by atoms with E-state index >= 15 is 0 Å². The molecular weight excluding hydrogens is 268 g/mol. The second-order valence-corrected chi connectivity index (χ2v) is 6.45. The first-order valence-electron chi connectivity index (χ1n) is 7.41. The van der Waals surface area contributed by atoms with Gasteiger partial charge in [-0.1, -0.05) is 24.3 Å². The van der Waals surface area contributed by atoms with Gasteiger partial charge in [0.05, 0.1) is 11.1 Å². The van der Waals surface area contributed by atoms with E-state index in [0.29, 0.717) is 12.0 Å². The quantitative estimate of drug-likeness (QED) is 0.758. The third-order valence-electron chi connectivity index (χ3n) is 4.21. The minimum absolute atomic E-state index is 0.115. The van der Waals surface area contributed by atoms with Crippen LogP contribution in [0.5, 0.6) is 0 Å². The van der Waals surface area contributed by atoms with Crippen molar-refractivity contribution in [1.29, 1.82) is 0 Å². The lowest BCUT2D eigenvalue weighted by atomic mass is 9.81. The van der Waals surface area contributed by atoms with Crippen LogP contribution in [0.1, 0.15) is 48.5 Å². The molecule has 1 aliphatic rings. The summed E-state index contributed by atoms with van der Waals surface area (Å²) in [6.07, 6.45) is 5.33. The predicted octanol–water partition coefficient (Wildman–Crippen LogP) is 4.55. The van der Waals surface area contributed by atoms with Crippen LogP contribution in [0.3, 0.4) is 0 Å². The highest BCUT2D eigenvalue weighted by Gasteiger charge is 2.28. The summed E-state index contributed by atoms with van der Waals surface area (Å²) in [6.45, 7) is 4.30. The van der Waals surface area contributed by atoms with Gasteiger partial charge in [-0.3, -0.25) is 4.68 Å². The van der Waals surface area contributed by atoms with Gasteiger partial charge in [-0.05, 0) is 56.2 Å². The van der Waals surface area contributed by atoms with E-state index in [1.807, 2.05) is 4.68 Å². The highest BCUT2D eigenvalue weighted by molar-refractivity contribution is 6.21. The molecular formula is C17H21ClN2. The van der Waals surface area contributed by atoms with Gasteiger partial charge >= 0.3 is 0 Å². The number of hydrogen-bond donors (Lipinski definition) is 0. The molecule has 0 saturated heterocycles. The van der Waals surface area contributed by atoms with Gasteiger partial charge in [0, 0.05) is 12.2 Å². The fourth-order valence-corrected chi connectivity index (χ4v) is 3.45. The number of hydrogen-bond acceptors (Lipinski definition) is 1. The number of aromatic nitrogens is 2. The van der Waals surface area contributed by atoms with E-state index in [9.17, 15) is 0 Å². The van der Waals surface area contributed by atoms with Crippen LogP contribution in [0.15, 0.2) is 36.5 Å². The molecule has 0 radical (unpaired) electrons. The lowest BCUT2D eigenvalue weighted by molar-refractivity contribution is 0.432. The van der Waals surface area contributed by atoms with Crippen LogP contribution in [-0.2, 0) is 12.8 Å². The van der Waals surface area contributed by atoms with E-state index in [-0.39, 0.29) is 5.38 Å². The van der Waals surface area contributed by atoms with Gasteiger partial charge in [0.1, 0.15) is 0 Å². The molecule has 1 aromatic heterocycles. The summed E-state index contributed by atoms with van der Waals surface area (Å²) in [4.78, 5) is 0. The molecule has 0 fully saturated rings. The van der Waals surface area contributed by atoms with Gasteiger partial charge in [0.25, 0.3) is 0 Å². The molecule has 1 aliphatic carbocycles. The van der Waals surface area contributed by atoms with Crippen LogP contribution in [0.4, 0.5) is 0 Å². The van der Waals surface area contributed by atoms with E-state index in [1.165, 1.54) is 11.1 Å². The summed E-state index contributed by atoms with van der Waals surface area (Å²) in [5.74, 6) is 0.488. The van der Waals surface area contributed by atoms with Crippen molar-refractivity contribution in [1.82, 2.24) is 9.78 Å². The fraction of sp³-hybridized carbons (Fsp3) is 0.471. The molecule has 2 nitrogen and oxygen atoms in total. The number of benzene rings is 1. The Kier molecular flexibility index (Phi) is 3.84. The maximum atomic E-state index is 6.70. The zero-order valence-corrected chi connectivity index (χ0v) is 12.8. The van der Waals surface area contributed by atoms with Crippen LogP contribution in [0.2, 0.25) is 0 Å². The molecule has 1 aromatic carbocycles. The van der Waals surface area contributed by atoms with Gasteiger partial charge in [0.2, 0.25) is 0 Å². The van der Waals surface area contributed by atoms with E-state index in [1.54, 1.807) is 0 Å². The van der Waals surface area contributed by atoms with Crippen LogP contribution < -0.4 is 0 Å². The number of halogens is 1. The molecule has 0 spiro atoms. The Balaban J connectivity index is 1.75. The molecule has 106 valence electrons. The molecule has 20 heavy (non-hydrogen) atoms. The molecule has 0 saturated carbocycles. The topological polar surface area (TPSA) is 17.8 Å². The lowest BCUT2D eigenvalue weighted by Gasteiger charge is -2.29. The number of alkyl halides is 1. The summed E-state index contributed by atoms with van der Waals surface area (Å²) < 4.78 is 2.02. The normalized spacial score (nSPS) is 22.0. The van der Waals surface area contributed by atoms with Gasteiger partial charge in [-0.15, -0.1) is 11.6 Å². The molecule has 2 unspecified atom stereocenters. The first kappa shape index (κ1) is 13.7. The van der Waals surface area contributed by atoms with Crippen molar-refractivity contribution >= 4 is 11.6 Å². The van der Waals surface area contributed by atoms with Gasteiger partial charge < -0.3 is 0 Å². The molecule has 3 rings (SSSR count). The molecule has 0 bridgehead atoms. The minimum Gasteiger partial charge on any atom is -0.270 e. The molecule has 3 heteroatoms. The lowest BCUT2D eigenvalue weighted by Crippen LogP contribution is -2.19. The smallest absolute Gasteiger partial charge is 0.0628 e. The Bertz CT molecular complexity index is 588. The molecule has 2 aromatic rings. The van der Waals surface area contributed by atoms with Crippen molar-refractivity contribution in [3.63, 3.8) is 0 Å². The number of fused-ring (bicyclic) bond motifs is 1. The third-order valence-corrected chi connectivity index (χ3v) is 4.81. The molecule has 0 N–H and O–H groups in total. The number of aryl methyl sites for hydroxylation is 1. The van der Waals surface area contributed by atoms with Crippen molar-refractivity contribution in [3.05, 3.63) is 53.3 Å². The minimum atomic E-state index is 0.115. The zero-order valence-electron chi connectivity index (χ0n) is 12.1. The standard InChI is InChI=1S/C17H21ClN2/c1-12(2)20-10-9-15(19-20)11-14-8-7-13-5-3-4-6-16(13)17(14)18/h3-6,9-10,12,14,17H,7-8,11H2,1-2H3.